The van der Waals surface area contributed by atoms with Crippen molar-refractivity contribution in [2.24, 2.45) is 0 Å². The molecule has 0 amide bonds. The molecule has 2 nitrogen and oxygen atoms in total. The van der Waals surface area contributed by atoms with Crippen LogP contribution in [0.25, 0.3) is 0 Å². The maximum Gasteiger partial charge on any atom is 0.528 e. The van der Waals surface area contributed by atoms with Crippen LogP contribution in [0.4, 0.5) is 39.5 Å². The van der Waals surface area contributed by atoms with Crippen molar-refractivity contribution in [2.75, 3.05) is 12.3 Å². The van der Waals surface area contributed by atoms with Crippen LogP contribution in [0.3, 0.4) is 0 Å². The largest absolute Gasteiger partial charge is 0.528 e. The molecule has 0 saturated carbocycles. The first-order chi connectivity index (χ1) is 7.12. The average molecular weight is 298 g/mol. The SMILES string of the molecule is O=P(CC(F)(F)F)(CC(F)(F)F)OC(F)(F)F. The second kappa shape index (κ2) is 4.68. The maximum atomic E-state index is 11.7. The van der Waals surface area contributed by atoms with Crippen LogP contribution >= 0.6 is 7.37 Å². The highest BCUT2D eigenvalue weighted by Crippen LogP contribution is 2.57. The minimum atomic E-state index is -5.96. The molecule has 0 aromatic heterocycles. The highest BCUT2D eigenvalue weighted by atomic mass is 31.2. The first kappa shape index (κ1) is 16.6. The molecule has 0 heterocycles. The van der Waals surface area contributed by atoms with E-state index in [2.05, 4.69) is 4.52 Å². The van der Waals surface area contributed by atoms with Crippen molar-refractivity contribution in [3.05, 3.63) is 0 Å². The van der Waals surface area contributed by atoms with Gasteiger partial charge < -0.3 is 0 Å². The van der Waals surface area contributed by atoms with Crippen LogP contribution in [0, 0.1) is 0 Å². The lowest BCUT2D eigenvalue weighted by molar-refractivity contribution is -0.275. The third-order valence-corrected chi connectivity index (χ3v) is 3.33. The molecular formula is C5H4F9O2P. The Balaban J connectivity index is 5.03. The lowest BCUT2D eigenvalue weighted by Gasteiger charge is -2.21. The highest BCUT2D eigenvalue weighted by molar-refractivity contribution is 7.59. The summed E-state index contributed by atoms with van der Waals surface area (Å²) in [7, 11) is -5.96. The summed E-state index contributed by atoms with van der Waals surface area (Å²) in [6, 6.07) is 0. The van der Waals surface area contributed by atoms with E-state index in [4.69, 9.17) is 0 Å². The predicted molar refractivity (Wildman–Crippen MR) is 36.6 cm³/mol. The fourth-order valence-electron chi connectivity index (χ4n) is 0.855. The van der Waals surface area contributed by atoms with Crippen molar-refractivity contribution in [1.29, 1.82) is 0 Å². The molecular weight excluding hydrogens is 294 g/mol. The smallest absolute Gasteiger partial charge is 0.292 e. The lowest BCUT2D eigenvalue weighted by atomic mass is 10.8. The van der Waals surface area contributed by atoms with Gasteiger partial charge in [-0.3, -0.25) is 4.57 Å². The fraction of sp³-hybridized carbons (Fsp3) is 1.00. The topological polar surface area (TPSA) is 26.3 Å². The van der Waals surface area contributed by atoms with Crippen molar-refractivity contribution in [3.63, 3.8) is 0 Å². The Kier molecular flexibility index (Phi) is 4.55. The summed E-state index contributed by atoms with van der Waals surface area (Å²) in [6.45, 7) is 0. The molecule has 0 N–H and O–H groups in total. The van der Waals surface area contributed by atoms with Crippen LogP contribution in [-0.2, 0) is 9.09 Å². The standard InChI is InChI=1S/C5H4F9O2P/c6-3(7,8)1-17(15,2-4(9,10)11)16-5(12,13)14/h1-2H2. The summed E-state index contributed by atoms with van der Waals surface area (Å²) in [4.78, 5) is 0. The molecule has 0 radical (unpaired) electrons. The zero-order chi connectivity index (χ0) is 14.1. The Morgan fingerprint density at radius 1 is 0.765 bits per heavy atom. The summed E-state index contributed by atoms with van der Waals surface area (Å²) in [5.74, 6) is 0. The van der Waals surface area contributed by atoms with Crippen molar-refractivity contribution >= 4 is 7.37 Å². The van der Waals surface area contributed by atoms with Crippen molar-refractivity contribution < 1.29 is 48.6 Å². The molecule has 0 fully saturated rings. The number of hydrogen-bond donors (Lipinski definition) is 0. The molecule has 104 valence electrons. The monoisotopic (exact) mass is 298 g/mol. The molecule has 0 aliphatic heterocycles. The molecule has 12 heteroatoms. The molecule has 0 saturated heterocycles. The van der Waals surface area contributed by atoms with E-state index >= 15 is 0 Å². The van der Waals surface area contributed by atoms with Crippen molar-refractivity contribution in [3.8, 4) is 0 Å². The summed E-state index contributed by atoms with van der Waals surface area (Å²) in [5, 5.41) is 0. The lowest BCUT2D eigenvalue weighted by Crippen LogP contribution is -2.26. The van der Waals surface area contributed by atoms with Gasteiger partial charge >= 0.3 is 18.7 Å². The van der Waals surface area contributed by atoms with Crippen molar-refractivity contribution in [2.45, 2.75) is 18.7 Å². The number of rotatable bonds is 3. The molecule has 0 aliphatic carbocycles. The minimum absolute atomic E-state index is 2.49. The van der Waals surface area contributed by atoms with Gasteiger partial charge in [0.2, 0.25) is 7.37 Å². The Morgan fingerprint density at radius 3 is 1.24 bits per heavy atom. The van der Waals surface area contributed by atoms with Crippen LogP contribution in [-0.4, -0.2) is 31.0 Å². The van der Waals surface area contributed by atoms with E-state index in [1.807, 2.05) is 0 Å². The third kappa shape index (κ3) is 9.28. The summed E-state index contributed by atoms with van der Waals surface area (Å²) >= 11 is 0. The third-order valence-electron chi connectivity index (χ3n) is 1.11. The van der Waals surface area contributed by atoms with Crippen LogP contribution in [0.5, 0.6) is 0 Å². The van der Waals surface area contributed by atoms with E-state index in [1.54, 1.807) is 0 Å². The number of halogens is 9. The van der Waals surface area contributed by atoms with Gasteiger partial charge in [0.15, 0.2) is 0 Å². The zero-order valence-electron chi connectivity index (χ0n) is 7.58. The quantitative estimate of drug-likeness (QED) is 0.583. The van der Waals surface area contributed by atoms with Crippen LogP contribution in [0.15, 0.2) is 0 Å². The Morgan fingerprint density at radius 2 is 1.06 bits per heavy atom. The van der Waals surface area contributed by atoms with Gasteiger partial charge in [-0.2, -0.15) is 26.3 Å². The molecule has 0 aliphatic rings. The van der Waals surface area contributed by atoms with Gasteiger partial charge in [-0.15, -0.1) is 13.2 Å². The number of alkyl halides is 9. The molecule has 0 aromatic rings. The second-order valence-electron chi connectivity index (χ2n) is 2.90. The first-order valence-corrected chi connectivity index (χ1v) is 5.60. The van der Waals surface area contributed by atoms with E-state index < -0.39 is 38.4 Å². The highest BCUT2D eigenvalue weighted by Gasteiger charge is 2.52. The van der Waals surface area contributed by atoms with Gasteiger partial charge in [0.05, 0.1) is 0 Å². The normalized spacial score (nSPS) is 15.1. The maximum absolute atomic E-state index is 11.7. The van der Waals surface area contributed by atoms with E-state index in [0.29, 0.717) is 0 Å². The van der Waals surface area contributed by atoms with E-state index in [-0.39, 0.29) is 0 Å². The second-order valence-corrected chi connectivity index (χ2v) is 5.34. The van der Waals surface area contributed by atoms with Gasteiger partial charge in [-0.1, -0.05) is 0 Å². The molecule has 0 atom stereocenters. The summed E-state index contributed by atoms with van der Waals surface area (Å²) < 4.78 is 118. The van der Waals surface area contributed by atoms with Gasteiger partial charge in [-0.05, 0) is 0 Å². The van der Waals surface area contributed by atoms with E-state index in [0.717, 1.165) is 0 Å². The molecule has 0 bridgehead atoms. The van der Waals surface area contributed by atoms with Crippen molar-refractivity contribution in [1.82, 2.24) is 0 Å². The zero-order valence-corrected chi connectivity index (χ0v) is 8.47. The Labute approximate surface area is 88.2 Å². The van der Waals surface area contributed by atoms with Crippen LogP contribution in [0.2, 0.25) is 0 Å². The van der Waals surface area contributed by atoms with Gasteiger partial charge in [0.1, 0.15) is 12.3 Å². The van der Waals surface area contributed by atoms with Crippen LogP contribution < -0.4 is 0 Å². The molecule has 0 spiro atoms. The van der Waals surface area contributed by atoms with Gasteiger partial charge in [0, 0.05) is 0 Å². The van der Waals surface area contributed by atoms with E-state index in [9.17, 15) is 44.1 Å². The average Bonchev–Trinajstić information content (AvgIpc) is 1.65. The summed E-state index contributed by atoms with van der Waals surface area (Å²) in [6.07, 6.45) is -22.4. The molecule has 0 unspecified atom stereocenters. The first-order valence-electron chi connectivity index (χ1n) is 3.61. The van der Waals surface area contributed by atoms with Gasteiger partial charge in [0.25, 0.3) is 0 Å². The molecule has 17 heavy (non-hydrogen) atoms. The van der Waals surface area contributed by atoms with Gasteiger partial charge in [-0.25, -0.2) is 4.52 Å². The molecule has 0 aromatic carbocycles. The molecule has 0 rings (SSSR count). The minimum Gasteiger partial charge on any atom is -0.292 e. The van der Waals surface area contributed by atoms with Crippen LogP contribution in [0.1, 0.15) is 0 Å². The van der Waals surface area contributed by atoms with E-state index in [1.165, 1.54) is 0 Å². The Hall–Kier alpha value is -0.440. The summed E-state index contributed by atoms with van der Waals surface area (Å²) in [5.41, 5.74) is 0. The Bertz CT molecular complexity index is 252. The fourth-order valence-corrected chi connectivity index (χ4v) is 2.57. The number of hydrogen-bond acceptors (Lipinski definition) is 2. The predicted octanol–water partition coefficient (Wildman–Crippen LogP) is 3.93.